The van der Waals surface area contributed by atoms with Gasteiger partial charge in [-0.2, -0.15) is 0 Å². The fourth-order valence-corrected chi connectivity index (χ4v) is 3.28. The lowest BCUT2D eigenvalue weighted by molar-refractivity contribution is -0.119. The molecule has 142 valence electrons. The highest BCUT2D eigenvalue weighted by Crippen LogP contribution is 2.20. The number of aryl methyl sites for hydroxylation is 2. The van der Waals surface area contributed by atoms with Crippen molar-refractivity contribution in [1.29, 1.82) is 0 Å². The van der Waals surface area contributed by atoms with Crippen molar-refractivity contribution in [1.82, 2.24) is 5.32 Å². The second-order valence-electron chi connectivity index (χ2n) is 6.95. The normalized spacial score (nSPS) is 11.6. The van der Waals surface area contributed by atoms with Crippen molar-refractivity contribution in [2.24, 2.45) is 5.73 Å². The van der Waals surface area contributed by atoms with E-state index in [1.807, 2.05) is 74.5 Å². The van der Waals surface area contributed by atoms with E-state index in [0.29, 0.717) is 12.0 Å². The summed E-state index contributed by atoms with van der Waals surface area (Å²) in [7, 11) is 0. The number of carbonyl (C=O) groups is 2. The van der Waals surface area contributed by atoms with Crippen LogP contribution in [0.15, 0.2) is 72.8 Å². The second-order valence-corrected chi connectivity index (χ2v) is 6.95. The third-order valence-electron chi connectivity index (χ3n) is 4.96. The van der Waals surface area contributed by atoms with Crippen LogP contribution in [0.5, 0.6) is 0 Å². The molecule has 0 heterocycles. The van der Waals surface area contributed by atoms with E-state index in [0.717, 1.165) is 27.8 Å². The lowest BCUT2D eigenvalue weighted by Gasteiger charge is -2.18. The summed E-state index contributed by atoms with van der Waals surface area (Å²) < 4.78 is 0. The van der Waals surface area contributed by atoms with E-state index in [9.17, 15) is 9.59 Å². The molecule has 0 aliphatic carbocycles. The van der Waals surface area contributed by atoms with Crippen LogP contribution in [0.4, 0.5) is 0 Å². The van der Waals surface area contributed by atoms with E-state index in [1.54, 1.807) is 12.1 Å². The Labute approximate surface area is 165 Å². The zero-order valence-corrected chi connectivity index (χ0v) is 16.1. The van der Waals surface area contributed by atoms with Crippen LogP contribution in [-0.2, 0) is 11.2 Å². The summed E-state index contributed by atoms with van der Waals surface area (Å²) in [6, 6.07) is 22.4. The molecule has 4 nitrogen and oxygen atoms in total. The van der Waals surface area contributed by atoms with Gasteiger partial charge in [0.05, 0.1) is 0 Å². The molecule has 0 bridgehead atoms. The van der Waals surface area contributed by atoms with Gasteiger partial charge in [0.25, 0.3) is 5.91 Å². The minimum absolute atomic E-state index is 0.311. The number of rotatable bonds is 6. The molecule has 0 fully saturated rings. The topological polar surface area (TPSA) is 72.2 Å². The third kappa shape index (κ3) is 4.46. The Morgan fingerprint density at radius 3 is 1.96 bits per heavy atom. The van der Waals surface area contributed by atoms with E-state index in [-0.39, 0.29) is 5.91 Å². The van der Waals surface area contributed by atoms with Gasteiger partial charge < -0.3 is 11.1 Å². The summed E-state index contributed by atoms with van der Waals surface area (Å²) in [5.41, 5.74) is 11.3. The molecule has 3 aromatic rings. The molecular formula is C24H24N2O2. The fraction of sp³-hybridized carbons (Fsp3) is 0.167. The van der Waals surface area contributed by atoms with Crippen LogP contribution in [0, 0.1) is 13.8 Å². The third-order valence-corrected chi connectivity index (χ3v) is 4.96. The van der Waals surface area contributed by atoms with Gasteiger partial charge in [-0.05, 0) is 53.8 Å². The van der Waals surface area contributed by atoms with E-state index >= 15 is 0 Å². The van der Waals surface area contributed by atoms with E-state index in [1.165, 1.54) is 0 Å². The smallest absolute Gasteiger partial charge is 0.251 e. The van der Waals surface area contributed by atoms with Gasteiger partial charge in [0.2, 0.25) is 5.91 Å². The number of benzene rings is 3. The Kier molecular flexibility index (Phi) is 5.90. The Bertz CT molecular complexity index is 959. The molecule has 0 aromatic heterocycles. The summed E-state index contributed by atoms with van der Waals surface area (Å²) in [6.07, 6.45) is 0.377. The molecule has 3 N–H and O–H groups in total. The van der Waals surface area contributed by atoms with Gasteiger partial charge in [-0.25, -0.2) is 0 Å². The predicted molar refractivity (Wildman–Crippen MR) is 112 cm³/mol. The van der Waals surface area contributed by atoms with Gasteiger partial charge in [-0.1, -0.05) is 60.7 Å². The highest BCUT2D eigenvalue weighted by Gasteiger charge is 2.21. The monoisotopic (exact) mass is 372 g/mol. The summed E-state index contributed by atoms with van der Waals surface area (Å²) in [6.45, 7) is 3.98. The largest absolute Gasteiger partial charge is 0.368 e. The minimum Gasteiger partial charge on any atom is -0.368 e. The van der Waals surface area contributed by atoms with Gasteiger partial charge in [0.1, 0.15) is 6.04 Å². The first-order valence-corrected chi connectivity index (χ1v) is 9.26. The summed E-state index contributed by atoms with van der Waals surface area (Å²) in [4.78, 5) is 24.6. The van der Waals surface area contributed by atoms with Crippen molar-refractivity contribution in [3.63, 3.8) is 0 Å². The van der Waals surface area contributed by atoms with Crippen LogP contribution in [0.3, 0.4) is 0 Å². The molecule has 4 heteroatoms. The SMILES string of the molecule is Cc1cccc(C)c1C[C@H](NC(=O)c1ccc(-c2ccccc2)cc1)C(N)=O. The zero-order chi connectivity index (χ0) is 20.1. The maximum Gasteiger partial charge on any atom is 0.251 e. The Balaban J connectivity index is 1.75. The predicted octanol–water partition coefficient (Wildman–Crippen LogP) is 3.80. The summed E-state index contributed by atoms with van der Waals surface area (Å²) >= 11 is 0. The summed E-state index contributed by atoms with van der Waals surface area (Å²) in [5.74, 6) is -0.855. The molecular weight excluding hydrogens is 348 g/mol. The van der Waals surface area contributed by atoms with Gasteiger partial charge in [-0.3, -0.25) is 9.59 Å². The van der Waals surface area contributed by atoms with E-state index < -0.39 is 11.9 Å². The number of carbonyl (C=O) groups excluding carboxylic acids is 2. The Morgan fingerprint density at radius 1 is 0.821 bits per heavy atom. The first-order valence-electron chi connectivity index (χ1n) is 9.26. The van der Waals surface area contributed by atoms with Gasteiger partial charge in [0, 0.05) is 12.0 Å². The molecule has 0 radical (unpaired) electrons. The average Bonchev–Trinajstić information content (AvgIpc) is 2.70. The first kappa shape index (κ1) is 19.4. The Hall–Kier alpha value is -3.40. The van der Waals surface area contributed by atoms with Crippen molar-refractivity contribution in [2.75, 3.05) is 0 Å². The number of hydrogen-bond acceptors (Lipinski definition) is 2. The van der Waals surface area contributed by atoms with Gasteiger partial charge in [0.15, 0.2) is 0 Å². The average molecular weight is 372 g/mol. The van der Waals surface area contributed by atoms with Crippen LogP contribution in [0.1, 0.15) is 27.0 Å². The quantitative estimate of drug-likeness (QED) is 0.691. The second kappa shape index (κ2) is 8.53. The molecule has 28 heavy (non-hydrogen) atoms. The highest BCUT2D eigenvalue weighted by atomic mass is 16.2. The number of nitrogens with one attached hydrogen (secondary N) is 1. The van der Waals surface area contributed by atoms with Crippen molar-refractivity contribution >= 4 is 11.8 Å². The van der Waals surface area contributed by atoms with Crippen molar-refractivity contribution < 1.29 is 9.59 Å². The van der Waals surface area contributed by atoms with Crippen LogP contribution >= 0.6 is 0 Å². The van der Waals surface area contributed by atoms with Crippen molar-refractivity contribution in [3.8, 4) is 11.1 Å². The standard InChI is InChI=1S/C24H24N2O2/c1-16-7-6-8-17(2)21(16)15-22(23(25)27)26-24(28)20-13-11-19(12-14-20)18-9-4-3-5-10-18/h3-14,22H,15H2,1-2H3,(H2,25,27)(H,26,28)/t22-/m0/s1. The maximum atomic E-state index is 12.6. The fourth-order valence-electron chi connectivity index (χ4n) is 3.28. The molecule has 0 aliphatic heterocycles. The number of primary amides is 1. The Morgan fingerprint density at radius 2 is 1.39 bits per heavy atom. The van der Waals surface area contributed by atoms with Crippen molar-refractivity contribution in [2.45, 2.75) is 26.3 Å². The van der Waals surface area contributed by atoms with Crippen LogP contribution < -0.4 is 11.1 Å². The van der Waals surface area contributed by atoms with Crippen molar-refractivity contribution in [3.05, 3.63) is 95.1 Å². The number of hydrogen-bond donors (Lipinski definition) is 2. The van der Waals surface area contributed by atoms with Crippen LogP contribution in [0.25, 0.3) is 11.1 Å². The molecule has 0 spiro atoms. The van der Waals surface area contributed by atoms with E-state index in [2.05, 4.69) is 5.32 Å². The lowest BCUT2D eigenvalue weighted by Crippen LogP contribution is -2.46. The number of amides is 2. The lowest BCUT2D eigenvalue weighted by atomic mass is 9.96. The van der Waals surface area contributed by atoms with Crippen LogP contribution in [-0.4, -0.2) is 17.9 Å². The summed E-state index contributed by atoms with van der Waals surface area (Å²) in [5, 5.41) is 2.78. The molecule has 3 rings (SSSR count). The zero-order valence-electron chi connectivity index (χ0n) is 16.1. The van der Waals surface area contributed by atoms with Gasteiger partial charge >= 0.3 is 0 Å². The maximum absolute atomic E-state index is 12.6. The first-order chi connectivity index (χ1) is 13.5. The molecule has 1 atom stereocenters. The van der Waals surface area contributed by atoms with Gasteiger partial charge in [-0.15, -0.1) is 0 Å². The van der Waals surface area contributed by atoms with Crippen LogP contribution in [0.2, 0.25) is 0 Å². The van der Waals surface area contributed by atoms with E-state index in [4.69, 9.17) is 5.73 Å². The number of nitrogens with two attached hydrogens (primary N) is 1. The molecule has 0 saturated carbocycles. The highest BCUT2D eigenvalue weighted by molar-refractivity contribution is 5.97. The molecule has 0 unspecified atom stereocenters. The molecule has 3 aromatic carbocycles. The minimum atomic E-state index is -0.763. The molecule has 0 saturated heterocycles. The molecule has 2 amide bonds. The molecule has 0 aliphatic rings.